The molecule has 1 aromatic carbocycles. The van der Waals surface area contributed by atoms with Crippen LogP contribution in [0.25, 0.3) is 11.3 Å². The van der Waals surface area contributed by atoms with Crippen LogP contribution in [0.2, 0.25) is 0 Å². The molecular weight excluding hydrogens is 266 g/mol. The van der Waals surface area contributed by atoms with Crippen molar-refractivity contribution < 1.29 is 9.53 Å². The molecule has 0 unspecified atom stereocenters. The van der Waals surface area contributed by atoms with Crippen LogP contribution in [0.15, 0.2) is 43.0 Å². The lowest BCUT2D eigenvalue weighted by molar-refractivity contribution is 0.0803. The first-order valence-electron chi connectivity index (χ1n) is 6.61. The van der Waals surface area contributed by atoms with Crippen molar-refractivity contribution in [3.63, 3.8) is 0 Å². The summed E-state index contributed by atoms with van der Waals surface area (Å²) in [4.78, 5) is 13.8. The number of rotatable bonds is 5. The van der Waals surface area contributed by atoms with Gasteiger partial charge in [-0.25, -0.2) is 0 Å². The van der Waals surface area contributed by atoms with E-state index in [1.54, 1.807) is 35.9 Å². The molecule has 5 heteroatoms. The van der Waals surface area contributed by atoms with Crippen LogP contribution in [0.3, 0.4) is 0 Å². The van der Waals surface area contributed by atoms with Gasteiger partial charge in [-0.1, -0.05) is 6.08 Å². The van der Waals surface area contributed by atoms with Crippen LogP contribution >= 0.6 is 0 Å². The van der Waals surface area contributed by atoms with Crippen molar-refractivity contribution in [1.29, 1.82) is 0 Å². The van der Waals surface area contributed by atoms with Crippen LogP contribution in [-0.4, -0.2) is 41.3 Å². The Morgan fingerprint density at radius 1 is 1.43 bits per heavy atom. The van der Waals surface area contributed by atoms with Crippen molar-refractivity contribution >= 4 is 5.91 Å². The maximum Gasteiger partial charge on any atom is 0.274 e. The summed E-state index contributed by atoms with van der Waals surface area (Å²) >= 11 is 0. The molecule has 110 valence electrons. The van der Waals surface area contributed by atoms with Gasteiger partial charge in [-0.05, 0) is 30.3 Å². The lowest BCUT2D eigenvalue weighted by atomic mass is 10.1. The van der Waals surface area contributed by atoms with E-state index in [9.17, 15) is 4.79 Å². The number of carbonyl (C=O) groups excluding carboxylic acids is 1. The van der Waals surface area contributed by atoms with Crippen molar-refractivity contribution in [2.45, 2.75) is 0 Å². The normalized spacial score (nSPS) is 10.2. The zero-order valence-electron chi connectivity index (χ0n) is 12.5. The molecular formula is C16H19N3O2. The fraction of sp³-hybridized carbons (Fsp3) is 0.250. The van der Waals surface area contributed by atoms with Crippen LogP contribution in [-0.2, 0) is 7.05 Å². The Labute approximate surface area is 124 Å². The quantitative estimate of drug-likeness (QED) is 0.792. The summed E-state index contributed by atoms with van der Waals surface area (Å²) in [7, 11) is 5.18. The predicted octanol–water partition coefficient (Wildman–Crippen LogP) is 2.35. The molecule has 0 bridgehead atoms. The molecule has 0 N–H and O–H groups in total. The standard InChI is InChI=1S/C16H19N3O2/c1-5-10-18(2)16(20)14-11-15(19(3)17-14)12-6-8-13(21-4)9-7-12/h5-9,11H,1,10H2,2-4H3. The molecule has 0 atom stereocenters. The van der Waals surface area contributed by atoms with E-state index in [1.165, 1.54) is 0 Å². The second-order valence-corrected chi connectivity index (χ2v) is 4.74. The van der Waals surface area contributed by atoms with Crippen molar-refractivity contribution in [2.75, 3.05) is 20.7 Å². The van der Waals surface area contributed by atoms with Gasteiger partial charge in [-0.3, -0.25) is 9.48 Å². The number of amides is 1. The first-order valence-corrected chi connectivity index (χ1v) is 6.61. The molecule has 5 nitrogen and oxygen atoms in total. The highest BCUT2D eigenvalue weighted by Gasteiger charge is 2.16. The minimum absolute atomic E-state index is 0.120. The Balaban J connectivity index is 2.30. The average molecular weight is 285 g/mol. The van der Waals surface area contributed by atoms with Crippen LogP contribution in [0.5, 0.6) is 5.75 Å². The fourth-order valence-corrected chi connectivity index (χ4v) is 2.08. The molecule has 0 saturated heterocycles. The Morgan fingerprint density at radius 3 is 2.67 bits per heavy atom. The van der Waals surface area contributed by atoms with E-state index >= 15 is 0 Å². The molecule has 0 aliphatic carbocycles. The van der Waals surface area contributed by atoms with E-state index < -0.39 is 0 Å². The average Bonchev–Trinajstić information content (AvgIpc) is 2.88. The van der Waals surface area contributed by atoms with Crippen LogP contribution in [0, 0.1) is 0 Å². The molecule has 2 rings (SSSR count). The minimum Gasteiger partial charge on any atom is -0.497 e. The lowest BCUT2D eigenvalue weighted by Gasteiger charge is -2.12. The Bertz CT molecular complexity index is 644. The first kappa shape index (κ1) is 14.8. The predicted molar refractivity (Wildman–Crippen MR) is 82.4 cm³/mol. The highest BCUT2D eigenvalue weighted by molar-refractivity contribution is 5.93. The summed E-state index contributed by atoms with van der Waals surface area (Å²) in [5.41, 5.74) is 2.29. The minimum atomic E-state index is -0.120. The molecule has 1 aromatic heterocycles. The number of carbonyl (C=O) groups is 1. The maximum atomic E-state index is 12.2. The summed E-state index contributed by atoms with van der Waals surface area (Å²) in [6.45, 7) is 4.13. The summed E-state index contributed by atoms with van der Waals surface area (Å²) < 4.78 is 6.85. The van der Waals surface area contributed by atoms with Crippen LogP contribution in [0.1, 0.15) is 10.5 Å². The van der Waals surface area contributed by atoms with Crippen molar-refractivity contribution in [3.05, 3.63) is 48.7 Å². The number of hydrogen-bond acceptors (Lipinski definition) is 3. The summed E-state index contributed by atoms with van der Waals surface area (Å²) in [6, 6.07) is 9.44. The molecule has 0 aliphatic heterocycles. The molecule has 0 radical (unpaired) electrons. The summed E-state index contributed by atoms with van der Waals surface area (Å²) in [5.74, 6) is 0.674. The van der Waals surface area contributed by atoms with Gasteiger partial charge in [0.15, 0.2) is 5.69 Å². The number of ether oxygens (including phenoxy) is 1. The van der Waals surface area contributed by atoms with Gasteiger partial charge >= 0.3 is 0 Å². The van der Waals surface area contributed by atoms with E-state index in [0.717, 1.165) is 17.0 Å². The largest absolute Gasteiger partial charge is 0.497 e. The third kappa shape index (κ3) is 3.13. The van der Waals surface area contributed by atoms with E-state index in [1.807, 2.05) is 31.3 Å². The van der Waals surface area contributed by atoms with E-state index in [0.29, 0.717) is 12.2 Å². The Hall–Kier alpha value is -2.56. The highest BCUT2D eigenvalue weighted by atomic mass is 16.5. The van der Waals surface area contributed by atoms with E-state index in [2.05, 4.69) is 11.7 Å². The van der Waals surface area contributed by atoms with Gasteiger partial charge in [-0.15, -0.1) is 6.58 Å². The van der Waals surface area contributed by atoms with Crippen molar-refractivity contribution in [3.8, 4) is 17.0 Å². The van der Waals surface area contributed by atoms with Crippen molar-refractivity contribution in [2.24, 2.45) is 7.05 Å². The maximum absolute atomic E-state index is 12.2. The van der Waals surface area contributed by atoms with Gasteiger partial charge in [0, 0.05) is 26.2 Å². The monoisotopic (exact) mass is 285 g/mol. The number of nitrogens with zero attached hydrogens (tertiary/aromatic N) is 3. The van der Waals surface area contributed by atoms with Gasteiger partial charge in [0.2, 0.25) is 0 Å². The highest BCUT2D eigenvalue weighted by Crippen LogP contribution is 2.23. The zero-order chi connectivity index (χ0) is 15.4. The number of hydrogen-bond donors (Lipinski definition) is 0. The van der Waals surface area contributed by atoms with Gasteiger partial charge in [0.05, 0.1) is 12.8 Å². The molecule has 0 spiro atoms. The number of aromatic nitrogens is 2. The second-order valence-electron chi connectivity index (χ2n) is 4.74. The molecule has 0 fully saturated rings. The SMILES string of the molecule is C=CCN(C)C(=O)c1cc(-c2ccc(OC)cc2)n(C)n1. The Morgan fingerprint density at radius 2 is 2.10 bits per heavy atom. The number of likely N-dealkylation sites (N-methyl/N-ethyl adjacent to an activating group) is 1. The van der Waals surface area contributed by atoms with Crippen molar-refractivity contribution in [1.82, 2.24) is 14.7 Å². The molecule has 1 heterocycles. The molecule has 2 aromatic rings. The molecule has 1 amide bonds. The third-order valence-electron chi connectivity index (χ3n) is 3.23. The Kier molecular flexibility index (Phi) is 4.42. The summed E-state index contributed by atoms with van der Waals surface area (Å²) in [5, 5.41) is 4.29. The number of benzene rings is 1. The summed E-state index contributed by atoms with van der Waals surface area (Å²) in [6.07, 6.45) is 1.69. The molecule has 0 aliphatic rings. The van der Waals surface area contributed by atoms with Crippen LogP contribution in [0.4, 0.5) is 0 Å². The van der Waals surface area contributed by atoms with Crippen LogP contribution < -0.4 is 4.74 Å². The lowest BCUT2D eigenvalue weighted by Crippen LogP contribution is -2.27. The number of aryl methyl sites for hydroxylation is 1. The number of methoxy groups -OCH3 is 1. The van der Waals surface area contributed by atoms with E-state index in [-0.39, 0.29) is 5.91 Å². The third-order valence-corrected chi connectivity index (χ3v) is 3.23. The van der Waals surface area contributed by atoms with Gasteiger partial charge in [-0.2, -0.15) is 5.10 Å². The first-order chi connectivity index (χ1) is 10.1. The van der Waals surface area contributed by atoms with Gasteiger partial charge in [0.25, 0.3) is 5.91 Å². The topological polar surface area (TPSA) is 47.4 Å². The second kappa shape index (κ2) is 6.26. The molecule has 0 saturated carbocycles. The van der Waals surface area contributed by atoms with Gasteiger partial charge in [0.1, 0.15) is 5.75 Å². The van der Waals surface area contributed by atoms with E-state index in [4.69, 9.17) is 4.74 Å². The fourth-order valence-electron chi connectivity index (χ4n) is 2.08. The smallest absolute Gasteiger partial charge is 0.274 e. The molecule has 21 heavy (non-hydrogen) atoms. The zero-order valence-corrected chi connectivity index (χ0v) is 12.5. The van der Waals surface area contributed by atoms with Gasteiger partial charge < -0.3 is 9.64 Å².